The second kappa shape index (κ2) is 5.93. The maximum atomic E-state index is 12.5. The molecule has 3 heterocycles. The van der Waals surface area contributed by atoms with E-state index >= 15 is 0 Å². The number of amides is 1. The third kappa shape index (κ3) is 2.71. The summed E-state index contributed by atoms with van der Waals surface area (Å²) in [6, 6.07) is 0.289. The Hall–Kier alpha value is -1.40. The van der Waals surface area contributed by atoms with E-state index in [2.05, 4.69) is 10.1 Å². The van der Waals surface area contributed by atoms with Crippen molar-refractivity contribution in [1.82, 2.24) is 15.0 Å². The molecular formula is C14H21N3O3. The Kier molecular flexibility index (Phi) is 4.03. The van der Waals surface area contributed by atoms with Gasteiger partial charge in [0.05, 0.1) is 13.2 Å². The number of hydrogen-bond acceptors (Lipinski definition) is 5. The van der Waals surface area contributed by atoms with Crippen LogP contribution in [0.25, 0.3) is 0 Å². The van der Waals surface area contributed by atoms with Crippen molar-refractivity contribution in [2.75, 3.05) is 39.4 Å². The van der Waals surface area contributed by atoms with Crippen LogP contribution in [0.15, 0.2) is 10.8 Å². The van der Waals surface area contributed by atoms with Gasteiger partial charge in [-0.1, -0.05) is 5.16 Å². The monoisotopic (exact) mass is 279 g/mol. The minimum absolute atomic E-state index is 0.00649. The highest BCUT2D eigenvalue weighted by molar-refractivity contribution is 5.93. The smallest absolute Gasteiger partial charge is 0.276 e. The molecule has 2 aliphatic rings. The van der Waals surface area contributed by atoms with Gasteiger partial charge < -0.3 is 14.2 Å². The fourth-order valence-electron chi connectivity index (χ4n) is 3.00. The molecule has 3 rings (SSSR count). The molecule has 110 valence electrons. The van der Waals surface area contributed by atoms with Gasteiger partial charge in [-0.25, -0.2) is 0 Å². The van der Waals surface area contributed by atoms with Gasteiger partial charge in [0.2, 0.25) is 0 Å². The fourth-order valence-corrected chi connectivity index (χ4v) is 3.00. The second-order valence-electron chi connectivity index (χ2n) is 5.55. The first-order valence-corrected chi connectivity index (χ1v) is 7.28. The summed E-state index contributed by atoms with van der Waals surface area (Å²) in [6.45, 7) is 7.12. The van der Waals surface area contributed by atoms with Crippen LogP contribution in [-0.4, -0.2) is 66.3 Å². The number of ether oxygens (including phenoxy) is 1. The zero-order chi connectivity index (χ0) is 13.9. The van der Waals surface area contributed by atoms with Crippen molar-refractivity contribution in [2.45, 2.75) is 25.8 Å². The third-order valence-corrected chi connectivity index (χ3v) is 4.16. The van der Waals surface area contributed by atoms with Crippen LogP contribution in [0.1, 0.15) is 28.9 Å². The quantitative estimate of drug-likeness (QED) is 0.823. The van der Waals surface area contributed by atoms with Gasteiger partial charge in [-0.2, -0.15) is 0 Å². The molecule has 2 fully saturated rings. The van der Waals surface area contributed by atoms with Gasteiger partial charge in [-0.05, 0) is 19.8 Å². The molecular weight excluding hydrogens is 258 g/mol. The van der Waals surface area contributed by atoms with Gasteiger partial charge in [0, 0.05) is 37.8 Å². The number of hydrogen-bond donors (Lipinski definition) is 0. The number of aromatic nitrogens is 1. The van der Waals surface area contributed by atoms with E-state index in [1.807, 2.05) is 11.8 Å². The molecule has 0 unspecified atom stereocenters. The lowest BCUT2D eigenvalue weighted by atomic mass is 10.2. The van der Waals surface area contributed by atoms with Crippen molar-refractivity contribution >= 4 is 5.91 Å². The van der Waals surface area contributed by atoms with E-state index < -0.39 is 0 Å². The molecule has 0 N–H and O–H groups in total. The number of likely N-dealkylation sites (tertiary alicyclic amines) is 1. The molecule has 1 aromatic heterocycles. The van der Waals surface area contributed by atoms with E-state index in [0.29, 0.717) is 5.69 Å². The predicted molar refractivity (Wildman–Crippen MR) is 72.6 cm³/mol. The highest BCUT2D eigenvalue weighted by Crippen LogP contribution is 2.22. The van der Waals surface area contributed by atoms with Crippen LogP contribution in [0.2, 0.25) is 0 Å². The largest absolute Gasteiger partial charge is 0.379 e. The molecule has 1 atom stereocenters. The highest BCUT2D eigenvalue weighted by Gasteiger charge is 2.32. The number of nitrogens with zero attached hydrogens (tertiary/aromatic N) is 3. The van der Waals surface area contributed by atoms with Crippen molar-refractivity contribution < 1.29 is 14.1 Å². The predicted octanol–water partition coefficient (Wildman–Crippen LogP) is 0.920. The standard InChI is InChI=1S/C14H21N3O3/c1-11-10-20-15-13(11)14(18)17-4-2-3-12(17)9-16-5-7-19-8-6-16/h10,12H,2-9H2,1H3/t12-/m0/s1. The lowest BCUT2D eigenvalue weighted by Gasteiger charge is -2.32. The summed E-state index contributed by atoms with van der Waals surface area (Å²) in [5.41, 5.74) is 1.27. The van der Waals surface area contributed by atoms with Crippen molar-refractivity contribution in [1.29, 1.82) is 0 Å². The van der Waals surface area contributed by atoms with Gasteiger partial charge in [-0.15, -0.1) is 0 Å². The molecule has 2 saturated heterocycles. The van der Waals surface area contributed by atoms with Crippen LogP contribution in [0.3, 0.4) is 0 Å². The van der Waals surface area contributed by atoms with Crippen LogP contribution in [-0.2, 0) is 4.74 Å². The Morgan fingerprint density at radius 1 is 1.40 bits per heavy atom. The molecule has 1 amide bonds. The first kappa shape index (κ1) is 13.6. The van der Waals surface area contributed by atoms with E-state index in [0.717, 1.165) is 57.8 Å². The number of rotatable bonds is 3. The first-order valence-electron chi connectivity index (χ1n) is 7.28. The molecule has 0 saturated carbocycles. The fraction of sp³-hybridized carbons (Fsp3) is 0.714. The van der Waals surface area contributed by atoms with Gasteiger partial charge in [0.1, 0.15) is 6.26 Å². The highest BCUT2D eigenvalue weighted by atomic mass is 16.5. The molecule has 6 nitrogen and oxygen atoms in total. The summed E-state index contributed by atoms with van der Waals surface area (Å²) in [7, 11) is 0. The topological polar surface area (TPSA) is 58.8 Å². The van der Waals surface area contributed by atoms with Crippen molar-refractivity contribution in [3.8, 4) is 0 Å². The number of morpholine rings is 1. The summed E-state index contributed by atoms with van der Waals surface area (Å²) >= 11 is 0. The summed E-state index contributed by atoms with van der Waals surface area (Å²) in [5, 5.41) is 3.84. The van der Waals surface area contributed by atoms with Crippen LogP contribution < -0.4 is 0 Å². The Balaban J connectivity index is 1.66. The molecule has 0 bridgehead atoms. The Morgan fingerprint density at radius 3 is 2.90 bits per heavy atom. The normalized spacial score (nSPS) is 24.2. The SMILES string of the molecule is Cc1conc1C(=O)N1CCC[C@H]1CN1CCOCC1. The maximum absolute atomic E-state index is 12.5. The van der Waals surface area contributed by atoms with Crippen molar-refractivity contribution in [3.05, 3.63) is 17.5 Å². The minimum Gasteiger partial charge on any atom is -0.379 e. The summed E-state index contributed by atoms with van der Waals surface area (Å²) < 4.78 is 10.3. The van der Waals surface area contributed by atoms with Crippen molar-refractivity contribution in [2.24, 2.45) is 0 Å². The van der Waals surface area contributed by atoms with Crippen LogP contribution in [0.5, 0.6) is 0 Å². The minimum atomic E-state index is 0.00649. The molecule has 0 radical (unpaired) electrons. The van der Waals surface area contributed by atoms with E-state index in [1.54, 1.807) is 0 Å². The lowest BCUT2D eigenvalue weighted by molar-refractivity contribution is 0.0260. The molecule has 0 aliphatic carbocycles. The molecule has 6 heteroatoms. The van der Waals surface area contributed by atoms with Crippen LogP contribution in [0.4, 0.5) is 0 Å². The lowest BCUT2D eigenvalue weighted by Crippen LogP contribution is -2.46. The van der Waals surface area contributed by atoms with E-state index in [1.165, 1.54) is 6.26 Å². The number of carbonyl (C=O) groups is 1. The average Bonchev–Trinajstić information content (AvgIpc) is 3.08. The third-order valence-electron chi connectivity index (χ3n) is 4.16. The molecule has 1 aromatic rings. The molecule has 2 aliphatic heterocycles. The Labute approximate surface area is 118 Å². The van der Waals surface area contributed by atoms with Crippen LogP contribution >= 0.6 is 0 Å². The van der Waals surface area contributed by atoms with Gasteiger partial charge in [0.25, 0.3) is 5.91 Å². The number of aryl methyl sites for hydroxylation is 1. The summed E-state index contributed by atoms with van der Waals surface area (Å²) in [5.74, 6) is 0.00649. The number of carbonyl (C=O) groups excluding carboxylic acids is 1. The zero-order valence-corrected chi connectivity index (χ0v) is 11.9. The van der Waals surface area contributed by atoms with E-state index in [9.17, 15) is 4.79 Å². The molecule has 0 spiro atoms. The van der Waals surface area contributed by atoms with E-state index in [4.69, 9.17) is 9.26 Å². The van der Waals surface area contributed by atoms with Gasteiger partial charge >= 0.3 is 0 Å². The first-order chi connectivity index (χ1) is 9.75. The average molecular weight is 279 g/mol. The summed E-state index contributed by atoms with van der Waals surface area (Å²) in [6.07, 6.45) is 3.66. The Bertz CT molecular complexity index is 468. The zero-order valence-electron chi connectivity index (χ0n) is 11.9. The van der Waals surface area contributed by atoms with Crippen LogP contribution in [0, 0.1) is 6.92 Å². The summed E-state index contributed by atoms with van der Waals surface area (Å²) in [4.78, 5) is 16.9. The van der Waals surface area contributed by atoms with Crippen molar-refractivity contribution in [3.63, 3.8) is 0 Å². The van der Waals surface area contributed by atoms with Gasteiger partial charge in [0.15, 0.2) is 5.69 Å². The molecule has 20 heavy (non-hydrogen) atoms. The Morgan fingerprint density at radius 2 is 2.20 bits per heavy atom. The molecule has 0 aromatic carbocycles. The second-order valence-corrected chi connectivity index (χ2v) is 5.55. The van der Waals surface area contributed by atoms with E-state index in [-0.39, 0.29) is 11.9 Å². The van der Waals surface area contributed by atoms with Gasteiger partial charge in [-0.3, -0.25) is 9.69 Å². The maximum Gasteiger partial charge on any atom is 0.276 e.